The Balaban J connectivity index is 1.68. The number of rotatable bonds is 3. The van der Waals surface area contributed by atoms with Crippen molar-refractivity contribution in [1.82, 2.24) is 0 Å². The third-order valence-electron chi connectivity index (χ3n) is 6.28. The summed E-state index contributed by atoms with van der Waals surface area (Å²) in [6.45, 7) is 10.1. The zero-order valence-corrected chi connectivity index (χ0v) is 18.4. The van der Waals surface area contributed by atoms with Gasteiger partial charge >= 0.3 is 0 Å². The van der Waals surface area contributed by atoms with Crippen LogP contribution in [0.5, 0.6) is 0 Å². The molecule has 5 nitrogen and oxygen atoms in total. The van der Waals surface area contributed by atoms with Gasteiger partial charge in [0.15, 0.2) is 0 Å². The molecule has 1 N–H and O–H groups in total. The van der Waals surface area contributed by atoms with Gasteiger partial charge in [-0.05, 0) is 88.3 Å². The van der Waals surface area contributed by atoms with E-state index in [1.54, 1.807) is 4.90 Å². The summed E-state index contributed by atoms with van der Waals surface area (Å²) in [6.07, 6.45) is 2.62. The predicted octanol–water partition coefficient (Wildman–Crippen LogP) is 5.09. The van der Waals surface area contributed by atoms with Gasteiger partial charge in [0.25, 0.3) is 0 Å². The van der Waals surface area contributed by atoms with Crippen LogP contribution in [0.3, 0.4) is 0 Å². The molecule has 1 aliphatic carbocycles. The highest BCUT2D eigenvalue weighted by molar-refractivity contribution is 6.17. The molecule has 2 aromatic rings. The first-order valence-electron chi connectivity index (χ1n) is 10.6. The summed E-state index contributed by atoms with van der Waals surface area (Å²) in [7, 11) is 0. The van der Waals surface area contributed by atoms with E-state index in [2.05, 4.69) is 24.4 Å². The minimum absolute atomic E-state index is 0.0132. The lowest BCUT2D eigenvalue weighted by atomic mass is 10.0. The van der Waals surface area contributed by atoms with Crippen LogP contribution < -0.4 is 10.2 Å². The Labute approximate surface area is 178 Å². The average molecular weight is 404 g/mol. The molecule has 1 fully saturated rings. The fourth-order valence-electron chi connectivity index (χ4n) is 4.64. The Bertz CT molecular complexity index is 1060. The van der Waals surface area contributed by atoms with Crippen LogP contribution in [-0.4, -0.2) is 24.1 Å². The van der Waals surface area contributed by atoms with E-state index in [4.69, 9.17) is 4.99 Å². The Morgan fingerprint density at radius 2 is 1.70 bits per heavy atom. The fraction of sp³-hybridized carbons (Fsp3) is 0.400. The Kier molecular flexibility index (Phi) is 5.22. The molecule has 0 aromatic heterocycles. The van der Waals surface area contributed by atoms with Gasteiger partial charge in [0.1, 0.15) is 6.54 Å². The number of nitrogens with one attached hydrogen (secondary N) is 1. The predicted molar refractivity (Wildman–Crippen MR) is 122 cm³/mol. The zero-order chi connectivity index (χ0) is 21.6. The summed E-state index contributed by atoms with van der Waals surface area (Å²) in [5.74, 6) is -0.418. The summed E-state index contributed by atoms with van der Waals surface area (Å²) in [6, 6.07) is 8.13. The number of carbonyl (C=O) groups is 2. The standard InChI is InChI=1S/C25H29N3O2/c1-14-9-17(4)24(18(5)10-14)27-23(29)13-28-22-12-16(3)15(2)11-21(22)26-20-8-6-7-19(20)25(28)30/h9-12,19H,6-8,13H2,1-5H3,(H,27,29)/t19-/m1/s1. The van der Waals surface area contributed by atoms with Gasteiger partial charge < -0.3 is 10.2 Å². The molecule has 0 radical (unpaired) electrons. The first kappa shape index (κ1) is 20.3. The van der Waals surface area contributed by atoms with Crippen LogP contribution >= 0.6 is 0 Å². The van der Waals surface area contributed by atoms with Crippen molar-refractivity contribution in [3.63, 3.8) is 0 Å². The molecule has 2 amide bonds. The first-order chi connectivity index (χ1) is 14.2. The molecule has 156 valence electrons. The number of aliphatic imine (C=N–C) groups is 1. The molecule has 0 saturated heterocycles. The van der Waals surface area contributed by atoms with Crippen molar-refractivity contribution in [2.24, 2.45) is 10.9 Å². The van der Waals surface area contributed by atoms with Crippen LogP contribution in [-0.2, 0) is 9.59 Å². The number of benzene rings is 2. The van der Waals surface area contributed by atoms with Crippen LogP contribution in [0.15, 0.2) is 29.3 Å². The molecule has 0 bridgehead atoms. The molecule has 1 atom stereocenters. The van der Waals surface area contributed by atoms with E-state index in [-0.39, 0.29) is 24.3 Å². The van der Waals surface area contributed by atoms with Crippen molar-refractivity contribution in [2.75, 3.05) is 16.8 Å². The number of fused-ring (bicyclic) bond motifs is 2. The van der Waals surface area contributed by atoms with Gasteiger partial charge in [-0.15, -0.1) is 0 Å². The molecule has 1 heterocycles. The minimum atomic E-state index is -0.214. The number of hydrogen-bond donors (Lipinski definition) is 1. The molecule has 4 rings (SSSR count). The van der Waals surface area contributed by atoms with Crippen molar-refractivity contribution in [3.8, 4) is 0 Å². The van der Waals surface area contributed by atoms with Gasteiger partial charge in [-0.3, -0.25) is 14.6 Å². The number of amides is 2. The van der Waals surface area contributed by atoms with Crippen LogP contribution in [0.25, 0.3) is 0 Å². The molecule has 2 aromatic carbocycles. The molecule has 2 aliphatic rings. The Hall–Kier alpha value is -2.95. The van der Waals surface area contributed by atoms with Gasteiger partial charge in [-0.1, -0.05) is 17.7 Å². The maximum absolute atomic E-state index is 13.4. The number of nitrogens with zero attached hydrogens (tertiary/aromatic N) is 2. The van der Waals surface area contributed by atoms with Crippen molar-refractivity contribution in [1.29, 1.82) is 0 Å². The summed E-state index contributed by atoms with van der Waals surface area (Å²) in [5.41, 5.74) is 8.74. The number of carbonyl (C=O) groups excluding carboxylic acids is 2. The molecular weight excluding hydrogens is 374 g/mol. The summed E-state index contributed by atoms with van der Waals surface area (Å²) < 4.78 is 0. The van der Waals surface area contributed by atoms with E-state index < -0.39 is 0 Å². The molecular formula is C25H29N3O2. The molecule has 30 heavy (non-hydrogen) atoms. The summed E-state index contributed by atoms with van der Waals surface area (Å²) in [5, 5.41) is 3.04. The summed E-state index contributed by atoms with van der Waals surface area (Å²) >= 11 is 0. The monoisotopic (exact) mass is 403 g/mol. The minimum Gasteiger partial charge on any atom is -0.324 e. The molecule has 1 saturated carbocycles. The van der Waals surface area contributed by atoms with Gasteiger partial charge in [0.2, 0.25) is 11.8 Å². The van der Waals surface area contributed by atoms with Gasteiger partial charge in [0, 0.05) is 11.4 Å². The van der Waals surface area contributed by atoms with Crippen LogP contribution in [0.4, 0.5) is 17.1 Å². The number of aryl methyl sites for hydroxylation is 5. The normalized spacial score (nSPS) is 17.9. The van der Waals surface area contributed by atoms with Crippen LogP contribution in [0, 0.1) is 40.5 Å². The highest BCUT2D eigenvalue weighted by atomic mass is 16.2. The smallest absolute Gasteiger partial charge is 0.244 e. The van der Waals surface area contributed by atoms with E-state index in [0.29, 0.717) is 0 Å². The third-order valence-corrected chi connectivity index (χ3v) is 6.28. The van der Waals surface area contributed by atoms with E-state index in [1.807, 2.05) is 39.8 Å². The number of hydrogen-bond acceptors (Lipinski definition) is 3. The third kappa shape index (κ3) is 3.64. The highest BCUT2D eigenvalue weighted by Crippen LogP contribution is 2.39. The first-order valence-corrected chi connectivity index (χ1v) is 10.6. The van der Waals surface area contributed by atoms with E-state index in [9.17, 15) is 9.59 Å². The maximum atomic E-state index is 13.4. The summed E-state index contributed by atoms with van der Waals surface area (Å²) in [4.78, 5) is 33.0. The van der Waals surface area contributed by atoms with E-state index >= 15 is 0 Å². The van der Waals surface area contributed by atoms with Crippen molar-refractivity contribution in [3.05, 3.63) is 52.1 Å². The van der Waals surface area contributed by atoms with E-state index in [1.165, 1.54) is 0 Å². The van der Waals surface area contributed by atoms with Crippen LogP contribution in [0.2, 0.25) is 0 Å². The lowest BCUT2D eigenvalue weighted by molar-refractivity contribution is -0.122. The van der Waals surface area contributed by atoms with Crippen molar-refractivity contribution >= 4 is 34.6 Å². The number of anilines is 2. The SMILES string of the molecule is Cc1cc(C)c(NC(=O)CN2C(=O)[C@@H]3CCCC3=Nc3cc(C)c(C)cc32)c(C)c1. The second-order valence-corrected chi connectivity index (χ2v) is 8.72. The lowest BCUT2D eigenvalue weighted by Crippen LogP contribution is -2.42. The molecule has 0 spiro atoms. The average Bonchev–Trinajstić information content (AvgIpc) is 3.10. The molecule has 0 unspecified atom stereocenters. The maximum Gasteiger partial charge on any atom is 0.244 e. The second kappa shape index (κ2) is 7.71. The zero-order valence-electron chi connectivity index (χ0n) is 18.4. The van der Waals surface area contributed by atoms with Crippen LogP contribution in [0.1, 0.15) is 47.1 Å². The van der Waals surface area contributed by atoms with Gasteiger partial charge in [-0.2, -0.15) is 0 Å². The Morgan fingerprint density at radius 1 is 1.03 bits per heavy atom. The van der Waals surface area contributed by atoms with Gasteiger partial charge in [0.05, 0.1) is 17.3 Å². The molecule has 5 heteroatoms. The van der Waals surface area contributed by atoms with Gasteiger partial charge in [-0.25, -0.2) is 0 Å². The van der Waals surface area contributed by atoms with Crippen molar-refractivity contribution in [2.45, 2.75) is 53.9 Å². The molecule has 1 aliphatic heterocycles. The Morgan fingerprint density at radius 3 is 2.40 bits per heavy atom. The van der Waals surface area contributed by atoms with Crippen molar-refractivity contribution < 1.29 is 9.59 Å². The fourth-order valence-corrected chi connectivity index (χ4v) is 4.64. The van der Waals surface area contributed by atoms with E-state index in [0.717, 1.165) is 69.9 Å². The largest absolute Gasteiger partial charge is 0.324 e. The lowest BCUT2D eigenvalue weighted by Gasteiger charge is -2.25. The quantitative estimate of drug-likeness (QED) is 0.776. The highest BCUT2D eigenvalue weighted by Gasteiger charge is 2.37. The topological polar surface area (TPSA) is 61.8 Å². The second-order valence-electron chi connectivity index (χ2n) is 8.72.